The van der Waals surface area contributed by atoms with Gasteiger partial charge in [0.2, 0.25) is 11.8 Å². The average molecular weight is 324 g/mol. The number of ether oxygens (including phenoxy) is 1. The molecule has 8 heteroatoms. The molecule has 1 aliphatic rings. The van der Waals surface area contributed by atoms with E-state index in [1.54, 1.807) is 7.05 Å². The lowest BCUT2D eigenvalue weighted by atomic mass is 10.0. The van der Waals surface area contributed by atoms with Crippen molar-refractivity contribution in [1.29, 1.82) is 0 Å². The molecule has 0 radical (unpaired) electrons. The highest BCUT2D eigenvalue weighted by atomic mass is 16.5. The maximum absolute atomic E-state index is 12.7. The molecule has 8 nitrogen and oxygen atoms in total. The van der Waals surface area contributed by atoms with Gasteiger partial charge in [-0.2, -0.15) is 4.98 Å². The van der Waals surface area contributed by atoms with Gasteiger partial charge in [0.25, 0.3) is 0 Å². The molecule has 1 saturated heterocycles. The van der Waals surface area contributed by atoms with Crippen LogP contribution < -0.4 is 0 Å². The van der Waals surface area contributed by atoms with E-state index in [0.717, 1.165) is 12.8 Å². The number of likely N-dealkylation sites (N-methyl/N-ethyl adjacent to an activating group) is 1. The van der Waals surface area contributed by atoms with Crippen LogP contribution in [-0.2, 0) is 16.1 Å². The van der Waals surface area contributed by atoms with E-state index in [1.807, 2.05) is 13.8 Å². The van der Waals surface area contributed by atoms with Crippen LogP contribution in [0.1, 0.15) is 50.7 Å². The first-order valence-electron chi connectivity index (χ1n) is 7.86. The summed E-state index contributed by atoms with van der Waals surface area (Å²) < 4.78 is 9.92. The number of methoxy groups -OCH3 is 1. The molecule has 23 heavy (non-hydrogen) atoms. The molecule has 2 amide bonds. The minimum Gasteiger partial charge on any atom is -0.453 e. The third kappa shape index (κ3) is 4.00. The molecule has 0 spiro atoms. The van der Waals surface area contributed by atoms with E-state index in [4.69, 9.17) is 9.26 Å². The highest BCUT2D eigenvalue weighted by Crippen LogP contribution is 2.20. The van der Waals surface area contributed by atoms with Crippen molar-refractivity contribution in [3.05, 3.63) is 11.7 Å². The van der Waals surface area contributed by atoms with Crippen LogP contribution in [0.2, 0.25) is 0 Å². The minimum atomic E-state index is -0.488. The number of carbonyl (C=O) groups is 2. The molecule has 1 aromatic heterocycles. The number of rotatable bonds is 4. The third-order valence-corrected chi connectivity index (χ3v) is 3.93. The van der Waals surface area contributed by atoms with E-state index in [0.29, 0.717) is 24.7 Å². The third-order valence-electron chi connectivity index (χ3n) is 3.93. The first-order chi connectivity index (χ1) is 10.9. The minimum absolute atomic E-state index is 0.133. The Morgan fingerprint density at radius 2 is 2.17 bits per heavy atom. The molecule has 1 aliphatic heterocycles. The van der Waals surface area contributed by atoms with Gasteiger partial charge in [0.1, 0.15) is 6.04 Å². The summed E-state index contributed by atoms with van der Waals surface area (Å²) in [5.41, 5.74) is 0. The Kier molecular flexibility index (Phi) is 5.57. The first-order valence-corrected chi connectivity index (χ1v) is 7.86. The maximum atomic E-state index is 12.7. The number of likely N-dealkylation sites (tertiary alicyclic amines) is 1. The standard InChI is InChI=1S/C15H24N4O4/c1-10(2)13-16-12(17-23-13)9-18(3)14(20)11-7-5-6-8-19(11)15(21)22-4/h10-11H,5-9H2,1-4H3/t11-/m0/s1. The molecule has 0 saturated carbocycles. The van der Waals surface area contributed by atoms with Crippen LogP contribution in [0.5, 0.6) is 0 Å². The van der Waals surface area contributed by atoms with Gasteiger partial charge in [-0.25, -0.2) is 4.79 Å². The van der Waals surface area contributed by atoms with E-state index in [-0.39, 0.29) is 18.4 Å². The summed E-state index contributed by atoms with van der Waals surface area (Å²) in [4.78, 5) is 31.8. The van der Waals surface area contributed by atoms with Crippen molar-refractivity contribution in [1.82, 2.24) is 19.9 Å². The smallest absolute Gasteiger partial charge is 0.410 e. The van der Waals surface area contributed by atoms with Gasteiger partial charge in [-0.3, -0.25) is 9.69 Å². The SMILES string of the molecule is COC(=O)N1CCCC[C@H]1C(=O)N(C)Cc1noc(C(C)C)n1. The van der Waals surface area contributed by atoms with Gasteiger partial charge in [0.15, 0.2) is 5.82 Å². The zero-order valence-electron chi connectivity index (χ0n) is 14.1. The fraction of sp³-hybridized carbons (Fsp3) is 0.733. The van der Waals surface area contributed by atoms with Crippen LogP contribution >= 0.6 is 0 Å². The topological polar surface area (TPSA) is 88.8 Å². The second-order valence-corrected chi connectivity index (χ2v) is 6.07. The van der Waals surface area contributed by atoms with Crippen molar-refractivity contribution >= 4 is 12.0 Å². The molecular weight excluding hydrogens is 300 g/mol. The van der Waals surface area contributed by atoms with Crippen LogP contribution in [-0.4, -0.2) is 58.7 Å². The molecule has 0 aromatic carbocycles. The normalized spacial score (nSPS) is 18.1. The number of carbonyl (C=O) groups excluding carboxylic acids is 2. The van der Waals surface area contributed by atoms with Gasteiger partial charge < -0.3 is 14.2 Å². The predicted molar refractivity (Wildman–Crippen MR) is 81.6 cm³/mol. The Bertz CT molecular complexity index is 557. The monoisotopic (exact) mass is 324 g/mol. The van der Waals surface area contributed by atoms with E-state index in [9.17, 15) is 9.59 Å². The zero-order chi connectivity index (χ0) is 17.0. The van der Waals surface area contributed by atoms with E-state index in [2.05, 4.69) is 10.1 Å². The first kappa shape index (κ1) is 17.2. The number of nitrogens with zero attached hydrogens (tertiary/aromatic N) is 4. The van der Waals surface area contributed by atoms with Crippen LogP contribution in [0.3, 0.4) is 0 Å². The van der Waals surface area contributed by atoms with Gasteiger partial charge in [0.05, 0.1) is 13.7 Å². The summed E-state index contributed by atoms with van der Waals surface area (Å²) >= 11 is 0. The second kappa shape index (κ2) is 7.43. The fourth-order valence-corrected chi connectivity index (χ4v) is 2.63. The molecule has 1 fully saturated rings. The Morgan fingerprint density at radius 3 is 2.78 bits per heavy atom. The summed E-state index contributed by atoms with van der Waals surface area (Å²) in [6.45, 7) is 4.71. The van der Waals surface area contributed by atoms with Gasteiger partial charge in [-0.05, 0) is 19.3 Å². The van der Waals surface area contributed by atoms with E-state index >= 15 is 0 Å². The molecule has 1 aromatic rings. The Labute approximate surface area is 135 Å². The predicted octanol–water partition coefficient (Wildman–Crippen LogP) is 1.77. The number of hydrogen-bond donors (Lipinski definition) is 0. The Morgan fingerprint density at radius 1 is 1.43 bits per heavy atom. The van der Waals surface area contributed by atoms with Crippen molar-refractivity contribution in [2.24, 2.45) is 0 Å². The number of amides is 2. The van der Waals surface area contributed by atoms with Crippen molar-refractivity contribution in [2.45, 2.75) is 51.6 Å². The lowest BCUT2D eigenvalue weighted by Gasteiger charge is -2.35. The summed E-state index contributed by atoms with van der Waals surface area (Å²) in [6.07, 6.45) is 1.97. The highest BCUT2D eigenvalue weighted by molar-refractivity contribution is 5.85. The molecular formula is C15H24N4O4. The lowest BCUT2D eigenvalue weighted by Crippen LogP contribution is -2.52. The number of hydrogen-bond acceptors (Lipinski definition) is 6. The zero-order valence-corrected chi connectivity index (χ0v) is 14.1. The van der Waals surface area contributed by atoms with Crippen molar-refractivity contribution in [2.75, 3.05) is 20.7 Å². The van der Waals surface area contributed by atoms with E-state index in [1.165, 1.54) is 16.9 Å². The molecule has 2 heterocycles. The van der Waals surface area contributed by atoms with Crippen LogP contribution in [0.15, 0.2) is 4.52 Å². The lowest BCUT2D eigenvalue weighted by molar-refractivity contribution is -0.136. The van der Waals surface area contributed by atoms with E-state index < -0.39 is 12.1 Å². The van der Waals surface area contributed by atoms with Crippen molar-refractivity contribution < 1.29 is 18.8 Å². The van der Waals surface area contributed by atoms with Crippen molar-refractivity contribution in [3.8, 4) is 0 Å². The van der Waals surface area contributed by atoms with Crippen LogP contribution in [0.25, 0.3) is 0 Å². The Hall–Kier alpha value is -2.12. The highest BCUT2D eigenvalue weighted by Gasteiger charge is 2.34. The summed E-state index contributed by atoms with van der Waals surface area (Å²) in [5.74, 6) is 1.02. The van der Waals surface area contributed by atoms with Crippen LogP contribution in [0, 0.1) is 0 Å². The van der Waals surface area contributed by atoms with Gasteiger partial charge in [-0.1, -0.05) is 19.0 Å². The van der Waals surface area contributed by atoms with Gasteiger partial charge in [0, 0.05) is 19.5 Å². The number of aromatic nitrogens is 2. The summed E-state index contributed by atoms with van der Waals surface area (Å²) in [6, 6.07) is -0.488. The van der Waals surface area contributed by atoms with Crippen LogP contribution in [0.4, 0.5) is 4.79 Å². The molecule has 0 N–H and O–H groups in total. The molecule has 1 atom stereocenters. The summed E-state index contributed by atoms with van der Waals surface area (Å²) in [7, 11) is 3.01. The van der Waals surface area contributed by atoms with Crippen molar-refractivity contribution in [3.63, 3.8) is 0 Å². The molecule has 128 valence electrons. The Balaban J connectivity index is 2.03. The molecule has 2 rings (SSSR count). The average Bonchev–Trinajstić information content (AvgIpc) is 3.02. The fourth-order valence-electron chi connectivity index (χ4n) is 2.63. The second-order valence-electron chi connectivity index (χ2n) is 6.07. The van der Waals surface area contributed by atoms with Gasteiger partial charge >= 0.3 is 6.09 Å². The quantitative estimate of drug-likeness (QED) is 0.838. The number of piperidine rings is 1. The molecule has 0 unspecified atom stereocenters. The largest absolute Gasteiger partial charge is 0.453 e. The molecule has 0 aliphatic carbocycles. The molecule has 0 bridgehead atoms. The summed E-state index contributed by atoms with van der Waals surface area (Å²) in [5, 5.41) is 3.89. The van der Waals surface area contributed by atoms with Gasteiger partial charge in [-0.15, -0.1) is 0 Å². The maximum Gasteiger partial charge on any atom is 0.410 e.